The minimum absolute atomic E-state index is 0.231. The summed E-state index contributed by atoms with van der Waals surface area (Å²) in [6.07, 6.45) is 0. The van der Waals surface area contributed by atoms with Crippen LogP contribution >= 0.6 is 27.5 Å². The molecule has 0 aliphatic heterocycles. The summed E-state index contributed by atoms with van der Waals surface area (Å²) in [5.41, 5.74) is 1.83. The number of rotatable bonds is 2. The highest BCUT2D eigenvalue weighted by Gasteiger charge is 2.09. The molecule has 17 heavy (non-hydrogen) atoms. The predicted molar refractivity (Wildman–Crippen MR) is 71.5 cm³/mol. The van der Waals surface area contributed by atoms with E-state index >= 15 is 0 Å². The number of carboxylic acid groups (broad SMARTS) is 1. The molecule has 2 aromatic rings. The second kappa shape index (κ2) is 4.90. The summed E-state index contributed by atoms with van der Waals surface area (Å²) in [4.78, 5) is 11.0. The van der Waals surface area contributed by atoms with Crippen LogP contribution in [-0.2, 0) is 0 Å². The average molecular weight is 312 g/mol. The van der Waals surface area contributed by atoms with E-state index in [2.05, 4.69) is 15.9 Å². The van der Waals surface area contributed by atoms with Crippen molar-refractivity contribution in [2.45, 2.75) is 0 Å². The Hall–Kier alpha value is -1.32. The molecule has 2 nitrogen and oxygen atoms in total. The largest absolute Gasteiger partial charge is 0.478 e. The van der Waals surface area contributed by atoms with E-state index in [9.17, 15) is 4.79 Å². The smallest absolute Gasteiger partial charge is 0.335 e. The molecule has 86 valence electrons. The highest BCUT2D eigenvalue weighted by atomic mass is 79.9. The molecular weight excluding hydrogens is 303 g/mol. The summed E-state index contributed by atoms with van der Waals surface area (Å²) in [6, 6.07) is 12.3. The Morgan fingerprint density at radius 2 is 1.88 bits per heavy atom. The Labute approximate surface area is 112 Å². The highest BCUT2D eigenvalue weighted by Crippen LogP contribution is 2.30. The lowest BCUT2D eigenvalue weighted by atomic mass is 10.0. The molecule has 0 radical (unpaired) electrons. The quantitative estimate of drug-likeness (QED) is 0.888. The SMILES string of the molecule is O=C(O)c1cc(Br)cc(-c2ccccc2Cl)c1. The maximum Gasteiger partial charge on any atom is 0.335 e. The zero-order valence-electron chi connectivity index (χ0n) is 8.65. The van der Waals surface area contributed by atoms with Crippen LogP contribution in [0.2, 0.25) is 5.02 Å². The zero-order valence-corrected chi connectivity index (χ0v) is 11.0. The summed E-state index contributed by atoms with van der Waals surface area (Å²) >= 11 is 9.38. The van der Waals surface area contributed by atoms with E-state index in [0.717, 1.165) is 11.1 Å². The van der Waals surface area contributed by atoms with Crippen molar-refractivity contribution in [3.8, 4) is 11.1 Å². The average Bonchev–Trinajstić information content (AvgIpc) is 2.28. The van der Waals surface area contributed by atoms with Crippen molar-refractivity contribution < 1.29 is 9.90 Å². The van der Waals surface area contributed by atoms with Crippen LogP contribution in [0.4, 0.5) is 0 Å². The summed E-state index contributed by atoms with van der Waals surface area (Å²) in [5, 5.41) is 9.60. The van der Waals surface area contributed by atoms with Crippen LogP contribution in [0.25, 0.3) is 11.1 Å². The Morgan fingerprint density at radius 1 is 1.18 bits per heavy atom. The lowest BCUT2D eigenvalue weighted by Crippen LogP contribution is -1.96. The van der Waals surface area contributed by atoms with Crippen LogP contribution in [0.1, 0.15) is 10.4 Å². The molecule has 0 aliphatic rings. The third-order valence-corrected chi connectivity index (χ3v) is 3.12. The van der Waals surface area contributed by atoms with E-state index in [4.69, 9.17) is 16.7 Å². The first kappa shape index (κ1) is 12.1. The number of benzene rings is 2. The molecule has 0 saturated carbocycles. The number of hydrogen-bond acceptors (Lipinski definition) is 1. The van der Waals surface area contributed by atoms with Crippen molar-refractivity contribution >= 4 is 33.5 Å². The molecule has 0 unspecified atom stereocenters. The van der Waals surface area contributed by atoms with E-state index < -0.39 is 5.97 Å². The van der Waals surface area contributed by atoms with Gasteiger partial charge in [0.1, 0.15) is 0 Å². The van der Waals surface area contributed by atoms with Crippen LogP contribution in [-0.4, -0.2) is 11.1 Å². The number of halogens is 2. The minimum atomic E-state index is -0.959. The number of carbonyl (C=O) groups is 1. The first-order valence-corrected chi connectivity index (χ1v) is 6.04. The van der Waals surface area contributed by atoms with Crippen molar-refractivity contribution in [1.29, 1.82) is 0 Å². The molecule has 0 heterocycles. The van der Waals surface area contributed by atoms with Gasteiger partial charge in [0.05, 0.1) is 5.56 Å². The van der Waals surface area contributed by atoms with Gasteiger partial charge in [-0.1, -0.05) is 45.7 Å². The number of aromatic carboxylic acids is 1. The van der Waals surface area contributed by atoms with Gasteiger partial charge in [0, 0.05) is 15.1 Å². The second-order valence-corrected chi connectivity index (χ2v) is 4.84. The van der Waals surface area contributed by atoms with Crippen molar-refractivity contribution in [3.05, 3.63) is 57.5 Å². The molecule has 2 rings (SSSR count). The maximum absolute atomic E-state index is 11.0. The molecule has 2 aromatic carbocycles. The zero-order chi connectivity index (χ0) is 12.4. The third kappa shape index (κ3) is 2.68. The lowest BCUT2D eigenvalue weighted by Gasteiger charge is -2.06. The summed E-state index contributed by atoms with van der Waals surface area (Å²) in [5.74, 6) is -0.959. The van der Waals surface area contributed by atoms with E-state index in [1.807, 2.05) is 24.3 Å². The summed E-state index contributed by atoms with van der Waals surface area (Å²) in [6.45, 7) is 0. The number of carboxylic acids is 1. The van der Waals surface area contributed by atoms with Crippen LogP contribution < -0.4 is 0 Å². The standard InChI is InChI=1S/C13H8BrClO2/c14-10-6-8(5-9(7-10)13(16)17)11-3-1-2-4-12(11)15/h1-7H,(H,16,17). The highest BCUT2D eigenvalue weighted by molar-refractivity contribution is 9.10. The molecule has 0 aliphatic carbocycles. The second-order valence-electron chi connectivity index (χ2n) is 3.51. The first-order chi connectivity index (χ1) is 8.08. The molecule has 0 aromatic heterocycles. The summed E-state index contributed by atoms with van der Waals surface area (Å²) in [7, 11) is 0. The van der Waals surface area contributed by atoms with Crippen molar-refractivity contribution in [2.75, 3.05) is 0 Å². The van der Waals surface area contributed by atoms with E-state index in [1.54, 1.807) is 18.2 Å². The van der Waals surface area contributed by atoms with Gasteiger partial charge in [-0.15, -0.1) is 0 Å². The van der Waals surface area contributed by atoms with E-state index in [-0.39, 0.29) is 5.56 Å². The molecule has 0 saturated heterocycles. The monoisotopic (exact) mass is 310 g/mol. The van der Waals surface area contributed by atoms with Gasteiger partial charge in [-0.25, -0.2) is 4.79 Å². The lowest BCUT2D eigenvalue weighted by molar-refractivity contribution is 0.0697. The Kier molecular flexibility index (Phi) is 3.50. The minimum Gasteiger partial charge on any atom is -0.478 e. The molecule has 0 spiro atoms. The fraction of sp³-hybridized carbons (Fsp3) is 0. The van der Waals surface area contributed by atoms with Crippen LogP contribution in [0.3, 0.4) is 0 Å². The van der Waals surface area contributed by atoms with Crippen molar-refractivity contribution in [1.82, 2.24) is 0 Å². The van der Waals surface area contributed by atoms with Crippen molar-refractivity contribution in [3.63, 3.8) is 0 Å². The van der Waals surface area contributed by atoms with Gasteiger partial charge >= 0.3 is 5.97 Å². The van der Waals surface area contributed by atoms with Gasteiger partial charge in [-0.05, 0) is 29.8 Å². The third-order valence-electron chi connectivity index (χ3n) is 2.33. The fourth-order valence-electron chi connectivity index (χ4n) is 1.56. The van der Waals surface area contributed by atoms with Crippen molar-refractivity contribution in [2.24, 2.45) is 0 Å². The molecule has 4 heteroatoms. The van der Waals surface area contributed by atoms with Gasteiger partial charge in [0.15, 0.2) is 0 Å². The topological polar surface area (TPSA) is 37.3 Å². The fourth-order valence-corrected chi connectivity index (χ4v) is 2.30. The molecule has 0 atom stereocenters. The molecular formula is C13H8BrClO2. The van der Waals surface area contributed by atoms with Gasteiger partial charge in [-0.3, -0.25) is 0 Å². The van der Waals surface area contributed by atoms with Gasteiger partial charge in [0.2, 0.25) is 0 Å². The van der Waals surface area contributed by atoms with Crippen LogP contribution in [0.5, 0.6) is 0 Å². The normalized spacial score (nSPS) is 10.2. The molecule has 1 N–H and O–H groups in total. The van der Waals surface area contributed by atoms with Crippen LogP contribution in [0, 0.1) is 0 Å². The molecule has 0 bridgehead atoms. The number of hydrogen-bond donors (Lipinski definition) is 1. The first-order valence-electron chi connectivity index (χ1n) is 4.87. The Balaban J connectivity index is 2.60. The van der Waals surface area contributed by atoms with Gasteiger partial charge in [-0.2, -0.15) is 0 Å². The van der Waals surface area contributed by atoms with Gasteiger partial charge < -0.3 is 5.11 Å². The van der Waals surface area contributed by atoms with Crippen LogP contribution in [0.15, 0.2) is 46.9 Å². The molecule has 0 amide bonds. The van der Waals surface area contributed by atoms with E-state index in [1.165, 1.54) is 0 Å². The Morgan fingerprint density at radius 3 is 2.53 bits per heavy atom. The predicted octanol–water partition coefficient (Wildman–Crippen LogP) is 4.47. The summed E-state index contributed by atoms with van der Waals surface area (Å²) < 4.78 is 0.715. The van der Waals surface area contributed by atoms with E-state index in [0.29, 0.717) is 9.50 Å². The molecule has 0 fully saturated rings. The Bertz CT molecular complexity index is 581. The van der Waals surface area contributed by atoms with Gasteiger partial charge in [0.25, 0.3) is 0 Å². The maximum atomic E-state index is 11.0.